The molecule has 2 saturated heterocycles. The fourth-order valence-electron chi connectivity index (χ4n) is 3.26. The zero-order chi connectivity index (χ0) is 14.7. The highest BCUT2D eigenvalue weighted by atomic mass is 16.6. The van der Waals surface area contributed by atoms with E-state index in [1.165, 1.54) is 0 Å². The fraction of sp³-hybridized carbons (Fsp3) is 0.667. The lowest BCUT2D eigenvalue weighted by atomic mass is 9.82. The van der Waals surface area contributed by atoms with Crippen LogP contribution in [-0.4, -0.2) is 46.2 Å². The zero-order valence-corrected chi connectivity index (χ0v) is 11.7. The Kier molecular flexibility index (Phi) is 3.04. The summed E-state index contributed by atoms with van der Waals surface area (Å²) in [6.45, 7) is 7.46. The molecule has 1 aliphatic carbocycles. The number of aliphatic hydroxyl groups excluding tert-OH is 2. The van der Waals surface area contributed by atoms with E-state index >= 15 is 0 Å². The van der Waals surface area contributed by atoms with Gasteiger partial charge in [0.2, 0.25) is 0 Å². The topological polar surface area (TPSA) is 79.3 Å². The molecular formula is C15H20O5. The largest absolute Gasteiger partial charge is 0.455 e. The average Bonchev–Trinajstić information content (AvgIpc) is 2.96. The van der Waals surface area contributed by atoms with E-state index in [-0.39, 0.29) is 11.7 Å². The third-order valence-corrected chi connectivity index (χ3v) is 4.74. The van der Waals surface area contributed by atoms with Gasteiger partial charge in [0, 0.05) is 5.57 Å². The van der Waals surface area contributed by atoms with Crippen LogP contribution in [0.3, 0.4) is 0 Å². The monoisotopic (exact) mass is 280 g/mol. The fourth-order valence-corrected chi connectivity index (χ4v) is 3.26. The van der Waals surface area contributed by atoms with Gasteiger partial charge in [-0.2, -0.15) is 0 Å². The molecule has 0 spiro atoms. The summed E-state index contributed by atoms with van der Waals surface area (Å²) in [6, 6.07) is 0. The van der Waals surface area contributed by atoms with Crippen molar-refractivity contribution in [2.75, 3.05) is 0 Å². The maximum atomic E-state index is 11.7. The number of ether oxygens (including phenoxy) is 2. The van der Waals surface area contributed by atoms with E-state index in [0.29, 0.717) is 18.4 Å². The molecule has 2 aliphatic heterocycles. The molecule has 2 heterocycles. The predicted octanol–water partition coefficient (Wildman–Crippen LogP) is 0.704. The molecular weight excluding hydrogens is 260 g/mol. The smallest absolute Gasteiger partial charge is 0.334 e. The second kappa shape index (κ2) is 4.41. The second-order valence-corrected chi connectivity index (χ2v) is 6.23. The van der Waals surface area contributed by atoms with Gasteiger partial charge in [-0.15, -0.1) is 0 Å². The van der Waals surface area contributed by atoms with E-state index in [2.05, 4.69) is 6.58 Å². The van der Waals surface area contributed by atoms with Crippen LogP contribution in [0.15, 0.2) is 23.8 Å². The van der Waals surface area contributed by atoms with Gasteiger partial charge in [0.15, 0.2) is 0 Å². The molecule has 5 heteroatoms. The lowest BCUT2D eigenvalue weighted by Crippen LogP contribution is -2.36. The van der Waals surface area contributed by atoms with Crippen LogP contribution in [0, 0.1) is 5.92 Å². The molecule has 110 valence electrons. The van der Waals surface area contributed by atoms with Crippen molar-refractivity contribution in [3.63, 3.8) is 0 Å². The Morgan fingerprint density at radius 2 is 2.15 bits per heavy atom. The number of hydrogen-bond acceptors (Lipinski definition) is 5. The van der Waals surface area contributed by atoms with E-state index in [1.54, 1.807) is 13.0 Å². The molecule has 0 aromatic carbocycles. The first-order valence-corrected chi connectivity index (χ1v) is 6.95. The minimum absolute atomic E-state index is 0.232. The van der Waals surface area contributed by atoms with Gasteiger partial charge in [0.25, 0.3) is 0 Å². The lowest BCUT2D eigenvalue weighted by Gasteiger charge is -2.24. The zero-order valence-electron chi connectivity index (χ0n) is 11.7. The van der Waals surface area contributed by atoms with Crippen LogP contribution < -0.4 is 0 Å². The number of carbonyl (C=O) groups excluding carboxylic acids is 1. The average molecular weight is 280 g/mol. The van der Waals surface area contributed by atoms with Crippen molar-refractivity contribution < 1.29 is 24.5 Å². The number of esters is 1. The summed E-state index contributed by atoms with van der Waals surface area (Å²) in [4.78, 5) is 11.7. The van der Waals surface area contributed by atoms with Crippen molar-refractivity contribution in [2.24, 2.45) is 5.92 Å². The Morgan fingerprint density at radius 1 is 1.45 bits per heavy atom. The Morgan fingerprint density at radius 3 is 2.85 bits per heavy atom. The summed E-state index contributed by atoms with van der Waals surface area (Å²) < 4.78 is 11.1. The maximum Gasteiger partial charge on any atom is 0.334 e. The van der Waals surface area contributed by atoms with Crippen molar-refractivity contribution in [1.29, 1.82) is 0 Å². The number of aliphatic hydroxyl groups is 2. The lowest BCUT2D eigenvalue weighted by molar-refractivity contribution is -0.140. The highest BCUT2D eigenvalue weighted by Crippen LogP contribution is 2.49. The number of rotatable bonds is 0. The summed E-state index contributed by atoms with van der Waals surface area (Å²) in [5.41, 5.74) is 0.581. The molecule has 0 unspecified atom stereocenters. The maximum absolute atomic E-state index is 11.7. The third-order valence-electron chi connectivity index (χ3n) is 4.74. The normalized spacial score (nSPS) is 48.0. The van der Waals surface area contributed by atoms with E-state index in [0.717, 1.165) is 0 Å². The minimum Gasteiger partial charge on any atom is -0.455 e. The van der Waals surface area contributed by atoms with Gasteiger partial charge in [0.1, 0.15) is 12.2 Å². The number of epoxide rings is 1. The van der Waals surface area contributed by atoms with Gasteiger partial charge in [0.05, 0.1) is 23.7 Å². The van der Waals surface area contributed by atoms with Crippen LogP contribution in [-0.2, 0) is 14.3 Å². The highest BCUT2D eigenvalue weighted by molar-refractivity contribution is 5.91. The molecule has 0 aromatic rings. The molecule has 0 aromatic heterocycles. The first kappa shape index (κ1) is 13.8. The molecule has 0 amide bonds. The number of fused-ring (bicyclic) bond motifs is 3. The molecule has 0 radical (unpaired) electrons. The van der Waals surface area contributed by atoms with E-state index in [1.807, 2.05) is 6.92 Å². The van der Waals surface area contributed by atoms with E-state index in [4.69, 9.17) is 9.47 Å². The molecule has 0 bridgehead atoms. The van der Waals surface area contributed by atoms with Crippen LogP contribution in [0.1, 0.15) is 26.7 Å². The number of carbonyl (C=O) groups is 1. The van der Waals surface area contributed by atoms with Gasteiger partial charge in [-0.3, -0.25) is 0 Å². The molecule has 2 N–H and O–H groups in total. The number of hydrogen-bond donors (Lipinski definition) is 2. The van der Waals surface area contributed by atoms with Crippen molar-refractivity contribution in [2.45, 2.75) is 56.7 Å². The standard InChI is InChI=1S/C15H20O5/c1-7-6-10(17)11-8(2)14(18)19-12(11)13-15(3,20-13)5-4-9(7)16/h6,9-13,16-17H,2,4-5H2,1,3H3/t9-,10-,11+,12-,13-,15+/m0/s1. The van der Waals surface area contributed by atoms with Crippen molar-refractivity contribution >= 4 is 5.97 Å². The Hall–Kier alpha value is -1.17. The van der Waals surface area contributed by atoms with Crippen LogP contribution in [0.25, 0.3) is 0 Å². The quantitative estimate of drug-likeness (QED) is 0.295. The van der Waals surface area contributed by atoms with Gasteiger partial charge in [-0.25, -0.2) is 4.79 Å². The molecule has 0 saturated carbocycles. The summed E-state index contributed by atoms with van der Waals surface area (Å²) in [6.07, 6.45) is 0.621. The summed E-state index contributed by atoms with van der Waals surface area (Å²) >= 11 is 0. The SMILES string of the molecule is C=C1C(=O)O[C@H]2[C@H]1[C@@H](O)C=C(C)[C@@H](O)CC[C@@]1(C)O[C@@H]21. The van der Waals surface area contributed by atoms with Gasteiger partial charge in [-0.05, 0) is 32.3 Å². The van der Waals surface area contributed by atoms with Crippen LogP contribution in [0.4, 0.5) is 0 Å². The molecule has 3 aliphatic rings. The van der Waals surface area contributed by atoms with Crippen molar-refractivity contribution in [1.82, 2.24) is 0 Å². The summed E-state index contributed by atoms with van der Waals surface area (Å²) in [5.74, 6) is -0.975. The molecule has 6 atom stereocenters. The summed E-state index contributed by atoms with van der Waals surface area (Å²) in [5, 5.41) is 20.4. The molecule has 20 heavy (non-hydrogen) atoms. The summed E-state index contributed by atoms with van der Waals surface area (Å²) in [7, 11) is 0. The highest BCUT2D eigenvalue weighted by Gasteiger charge is 2.62. The van der Waals surface area contributed by atoms with Crippen LogP contribution in [0.5, 0.6) is 0 Å². The molecule has 2 fully saturated rings. The van der Waals surface area contributed by atoms with E-state index in [9.17, 15) is 15.0 Å². The third kappa shape index (κ3) is 2.01. The Bertz CT molecular complexity index is 496. The molecule has 3 rings (SSSR count). The van der Waals surface area contributed by atoms with Gasteiger partial charge < -0.3 is 19.7 Å². The van der Waals surface area contributed by atoms with Crippen LogP contribution in [0.2, 0.25) is 0 Å². The Labute approximate surface area is 117 Å². The Balaban J connectivity index is 1.97. The van der Waals surface area contributed by atoms with Crippen molar-refractivity contribution in [3.8, 4) is 0 Å². The predicted molar refractivity (Wildman–Crippen MR) is 70.8 cm³/mol. The van der Waals surface area contributed by atoms with Crippen molar-refractivity contribution in [3.05, 3.63) is 23.8 Å². The minimum atomic E-state index is -0.903. The first-order chi connectivity index (χ1) is 9.33. The van der Waals surface area contributed by atoms with E-state index < -0.39 is 35.8 Å². The van der Waals surface area contributed by atoms with Gasteiger partial charge >= 0.3 is 5.97 Å². The van der Waals surface area contributed by atoms with Crippen LogP contribution >= 0.6 is 0 Å². The molecule has 5 nitrogen and oxygen atoms in total. The first-order valence-electron chi connectivity index (χ1n) is 6.95. The second-order valence-electron chi connectivity index (χ2n) is 6.23. The van der Waals surface area contributed by atoms with Gasteiger partial charge in [-0.1, -0.05) is 12.7 Å².